The molecule has 0 saturated heterocycles. The molecule has 0 unspecified atom stereocenters. The summed E-state index contributed by atoms with van der Waals surface area (Å²) in [4.78, 5) is 19.0. The van der Waals surface area contributed by atoms with E-state index in [-0.39, 0.29) is 35.0 Å². The average molecular weight is 748 g/mol. The number of aromatic nitrogens is 3. The Hall–Kier alpha value is -3.50. The molecule has 12 heteroatoms. The Labute approximate surface area is 312 Å². The molecule has 2 aromatic heterocycles. The number of methoxy groups -OCH3 is 1. The smallest absolute Gasteiger partial charge is 0.227 e. The number of benzene rings is 2. The van der Waals surface area contributed by atoms with Crippen LogP contribution in [-0.2, 0) is 4.74 Å². The van der Waals surface area contributed by atoms with Gasteiger partial charge in [-0.15, -0.1) is 5.54 Å². The van der Waals surface area contributed by atoms with E-state index < -0.39 is 19.7 Å². The number of likely N-dealkylation sites (N-methyl/N-ethyl adjacent to an activating group) is 1. The molecule has 1 fully saturated rings. The van der Waals surface area contributed by atoms with Crippen LogP contribution < -0.4 is 14.4 Å². The lowest BCUT2D eigenvalue weighted by atomic mass is 9.75. The first kappa shape index (κ1) is 38.2. The van der Waals surface area contributed by atoms with Crippen LogP contribution >= 0.6 is 11.8 Å². The first-order chi connectivity index (χ1) is 24.8. The molecular weight excluding hydrogens is 697 g/mol. The molecule has 278 valence electrons. The summed E-state index contributed by atoms with van der Waals surface area (Å²) in [6.07, 6.45) is 5.19. The van der Waals surface area contributed by atoms with E-state index >= 15 is 8.78 Å². The summed E-state index contributed by atoms with van der Waals surface area (Å²) in [5, 5.41) is 1.98. The van der Waals surface area contributed by atoms with Gasteiger partial charge in [0.25, 0.3) is 0 Å². The summed E-state index contributed by atoms with van der Waals surface area (Å²) in [6.45, 7) is 14.9. The maximum absolute atomic E-state index is 17.4. The van der Waals surface area contributed by atoms with Gasteiger partial charge in [-0.1, -0.05) is 65.3 Å². The van der Waals surface area contributed by atoms with Crippen molar-refractivity contribution in [1.82, 2.24) is 19.9 Å². The van der Waals surface area contributed by atoms with Gasteiger partial charge in [-0.3, -0.25) is 0 Å². The minimum absolute atomic E-state index is 0.00255. The van der Waals surface area contributed by atoms with Gasteiger partial charge in [0.2, 0.25) is 5.88 Å². The Morgan fingerprint density at radius 3 is 2.33 bits per heavy atom. The van der Waals surface area contributed by atoms with Crippen molar-refractivity contribution in [2.45, 2.75) is 88.1 Å². The highest BCUT2D eigenvalue weighted by molar-refractivity contribution is 7.98. The maximum Gasteiger partial charge on any atom is 0.227 e. The van der Waals surface area contributed by atoms with Crippen molar-refractivity contribution in [3.05, 3.63) is 41.5 Å². The lowest BCUT2D eigenvalue weighted by Crippen LogP contribution is -2.57. The molecule has 0 atom stereocenters. The van der Waals surface area contributed by atoms with E-state index in [1.807, 2.05) is 6.26 Å². The molecule has 0 N–H and O–H groups in total. The number of hydrogen-bond acceptors (Lipinski definition) is 9. The van der Waals surface area contributed by atoms with E-state index in [4.69, 9.17) is 29.2 Å². The van der Waals surface area contributed by atoms with E-state index in [9.17, 15) is 0 Å². The number of hydrogen-bond donors (Lipinski definition) is 0. The molecule has 3 heterocycles. The second kappa shape index (κ2) is 15.1. The Balaban J connectivity index is 1.64. The fraction of sp³-hybridized carbons (Fsp3) is 0.525. The van der Waals surface area contributed by atoms with Gasteiger partial charge < -0.3 is 24.0 Å². The standard InChI is InChI=1S/C40H51F2N5O3SSi/c1-24(2)52(25(3)4,26(5)6)19-14-29-31(41)13-12-27-20-28(50-23-48-9)21-30(32(27)29)35-34(42)36-33-37(45-39(44-36)51-10)47(17-18-49-38(33)43-35)22-40(46(7)8)15-11-16-40/h12-13,20-21,24-26H,11,15-18,22-23H2,1-10H3. The summed E-state index contributed by atoms with van der Waals surface area (Å²) in [7, 11) is 3.51. The van der Waals surface area contributed by atoms with Gasteiger partial charge in [-0.2, -0.15) is 0 Å². The third kappa shape index (κ3) is 6.63. The van der Waals surface area contributed by atoms with Gasteiger partial charge in [-0.25, -0.2) is 23.7 Å². The van der Waals surface area contributed by atoms with Gasteiger partial charge in [0.15, 0.2) is 17.8 Å². The molecule has 4 aromatic rings. The molecule has 1 saturated carbocycles. The number of anilines is 1. The monoisotopic (exact) mass is 747 g/mol. The normalized spacial score (nSPS) is 15.7. The SMILES string of the molecule is COCOc1cc(-c2nc3c4c(nc(SC)nc4c2F)N(CC2(N(C)C)CCC2)CCO3)c2c(C#C[Si](C(C)C)(C(C)C)C(C)C)c(F)ccc2c1. The zero-order chi connectivity index (χ0) is 37.5. The Kier molecular flexibility index (Phi) is 11.1. The third-order valence-corrected chi connectivity index (χ3v) is 18.3. The van der Waals surface area contributed by atoms with Crippen LogP contribution in [0, 0.1) is 23.1 Å². The van der Waals surface area contributed by atoms with E-state index in [1.165, 1.54) is 24.9 Å². The number of rotatable bonds is 11. The van der Waals surface area contributed by atoms with Gasteiger partial charge in [0, 0.05) is 30.1 Å². The van der Waals surface area contributed by atoms with Crippen LogP contribution in [0.5, 0.6) is 11.6 Å². The minimum atomic E-state index is -2.26. The number of thioether (sulfide) groups is 1. The highest BCUT2D eigenvalue weighted by atomic mass is 32.2. The van der Waals surface area contributed by atoms with Crippen molar-refractivity contribution in [3.63, 3.8) is 0 Å². The highest BCUT2D eigenvalue weighted by Gasteiger charge is 2.43. The van der Waals surface area contributed by atoms with Crippen LogP contribution in [0.2, 0.25) is 16.6 Å². The summed E-state index contributed by atoms with van der Waals surface area (Å²) in [6, 6.07) is 6.58. The van der Waals surface area contributed by atoms with Crippen LogP contribution in [0.3, 0.4) is 0 Å². The molecule has 0 amide bonds. The van der Waals surface area contributed by atoms with Crippen LogP contribution in [0.1, 0.15) is 66.4 Å². The fourth-order valence-electron chi connectivity index (χ4n) is 8.44. The quantitative estimate of drug-likeness (QED) is 0.0491. The second-order valence-corrected chi connectivity index (χ2v) is 21.6. The molecular formula is C40H51F2N5O3SSi. The van der Waals surface area contributed by atoms with Gasteiger partial charge in [0.1, 0.15) is 48.7 Å². The van der Waals surface area contributed by atoms with E-state index in [0.29, 0.717) is 68.2 Å². The Morgan fingerprint density at radius 1 is 1.02 bits per heavy atom. The van der Waals surface area contributed by atoms with Crippen molar-refractivity contribution in [2.75, 3.05) is 58.9 Å². The summed E-state index contributed by atoms with van der Waals surface area (Å²) in [5.41, 5.74) is 5.36. The number of pyridine rings is 1. The molecule has 0 bridgehead atoms. The first-order valence-electron chi connectivity index (χ1n) is 18.2. The van der Waals surface area contributed by atoms with Crippen molar-refractivity contribution in [3.8, 4) is 34.4 Å². The zero-order valence-corrected chi connectivity index (χ0v) is 33.9. The molecule has 0 radical (unpaired) electrons. The molecule has 1 aliphatic heterocycles. The number of fused-ring (bicyclic) bond motifs is 1. The fourth-order valence-corrected chi connectivity index (χ4v) is 14.0. The predicted octanol–water partition coefficient (Wildman–Crippen LogP) is 9.08. The van der Waals surface area contributed by atoms with Crippen molar-refractivity contribution < 1.29 is 23.0 Å². The first-order valence-corrected chi connectivity index (χ1v) is 21.7. The third-order valence-electron chi connectivity index (χ3n) is 11.4. The lowest BCUT2D eigenvalue weighted by molar-refractivity contribution is 0.0512. The topological polar surface area (TPSA) is 72.8 Å². The predicted molar refractivity (Wildman–Crippen MR) is 210 cm³/mol. The van der Waals surface area contributed by atoms with Crippen molar-refractivity contribution in [1.29, 1.82) is 0 Å². The maximum atomic E-state index is 17.4. The Bertz CT molecular complexity index is 2020. The second-order valence-electron chi connectivity index (χ2n) is 15.3. The molecule has 2 aliphatic rings. The van der Waals surface area contributed by atoms with Gasteiger partial charge in [0.05, 0.1) is 12.1 Å². The number of ether oxygens (including phenoxy) is 3. The van der Waals surface area contributed by atoms with Crippen molar-refractivity contribution in [2.24, 2.45) is 0 Å². The summed E-state index contributed by atoms with van der Waals surface area (Å²) < 4.78 is 51.0. The Morgan fingerprint density at radius 2 is 1.73 bits per heavy atom. The van der Waals surface area contributed by atoms with Crippen LogP contribution in [0.15, 0.2) is 29.4 Å². The molecule has 8 nitrogen and oxygen atoms in total. The van der Waals surface area contributed by atoms with Crippen LogP contribution in [0.25, 0.3) is 32.9 Å². The number of nitrogens with zero attached hydrogens (tertiary/aromatic N) is 5. The van der Waals surface area contributed by atoms with Gasteiger partial charge >= 0.3 is 0 Å². The van der Waals surface area contributed by atoms with Crippen LogP contribution in [-0.4, -0.2) is 87.4 Å². The zero-order valence-electron chi connectivity index (χ0n) is 32.1. The molecule has 0 spiro atoms. The minimum Gasteiger partial charge on any atom is -0.475 e. The highest BCUT2D eigenvalue weighted by Crippen LogP contribution is 2.45. The van der Waals surface area contributed by atoms with Crippen LogP contribution in [0.4, 0.5) is 14.6 Å². The average Bonchev–Trinajstić information content (AvgIpc) is 3.25. The lowest BCUT2D eigenvalue weighted by Gasteiger charge is -2.49. The van der Waals surface area contributed by atoms with E-state index in [2.05, 4.69) is 76.9 Å². The largest absolute Gasteiger partial charge is 0.475 e. The van der Waals surface area contributed by atoms with Crippen molar-refractivity contribution >= 4 is 47.3 Å². The summed E-state index contributed by atoms with van der Waals surface area (Å²) >= 11 is 1.36. The molecule has 6 rings (SSSR count). The molecule has 52 heavy (non-hydrogen) atoms. The van der Waals surface area contributed by atoms with Gasteiger partial charge in [-0.05, 0) is 79.8 Å². The van der Waals surface area contributed by atoms with E-state index in [0.717, 1.165) is 25.8 Å². The number of halogens is 2. The van der Waals surface area contributed by atoms with E-state index in [1.54, 1.807) is 18.2 Å². The molecule has 2 aromatic carbocycles. The summed E-state index contributed by atoms with van der Waals surface area (Å²) in [5.74, 6) is 3.51. The molecule has 1 aliphatic carbocycles.